The van der Waals surface area contributed by atoms with Crippen molar-refractivity contribution in [2.45, 2.75) is 32.1 Å². The van der Waals surface area contributed by atoms with Crippen LogP contribution in [0.5, 0.6) is 0 Å². The predicted octanol–water partition coefficient (Wildman–Crippen LogP) is 3.18. The molecule has 1 aliphatic rings. The Morgan fingerprint density at radius 1 is 0.974 bits per heavy atom. The maximum absolute atomic E-state index is 13.1. The highest BCUT2D eigenvalue weighted by Gasteiger charge is 2.38. The molecule has 0 saturated carbocycles. The number of aliphatic hydroxyl groups excluding tert-OH is 1. The summed E-state index contributed by atoms with van der Waals surface area (Å²) in [6.45, 7) is 4.12. The van der Waals surface area contributed by atoms with Crippen LogP contribution in [-0.4, -0.2) is 70.0 Å². The molecule has 0 bridgehead atoms. The SMILES string of the molecule is CCO[C@H]1OC(C(=O)NCc2ccccc2)=C[C@@H](c2ccc(C(=O)OC)cc2)[C@H]1CCOCCOCCO. The smallest absolute Gasteiger partial charge is 0.337 e. The number of hydrogen-bond acceptors (Lipinski definition) is 8. The molecular formula is C29H37NO8. The van der Waals surface area contributed by atoms with Crippen LogP contribution in [0.4, 0.5) is 0 Å². The zero-order chi connectivity index (χ0) is 27.2. The van der Waals surface area contributed by atoms with E-state index in [1.54, 1.807) is 12.1 Å². The molecule has 2 N–H and O–H groups in total. The number of aliphatic hydroxyl groups is 1. The molecule has 0 fully saturated rings. The molecule has 2 aromatic carbocycles. The van der Waals surface area contributed by atoms with Crippen LogP contribution in [0, 0.1) is 5.92 Å². The molecule has 1 aliphatic heterocycles. The molecule has 9 heteroatoms. The second kappa shape index (κ2) is 15.9. The Hall–Kier alpha value is -3.24. The van der Waals surface area contributed by atoms with Gasteiger partial charge in [-0.2, -0.15) is 0 Å². The van der Waals surface area contributed by atoms with Gasteiger partial charge in [0, 0.05) is 31.6 Å². The Kier molecular flexibility index (Phi) is 12.3. The Labute approximate surface area is 223 Å². The van der Waals surface area contributed by atoms with E-state index in [1.807, 2.05) is 55.5 Å². The van der Waals surface area contributed by atoms with Crippen molar-refractivity contribution in [2.75, 3.05) is 46.8 Å². The fourth-order valence-corrected chi connectivity index (χ4v) is 4.25. The third kappa shape index (κ3) is 8.66. The van der Waals surface area contributed by atoms with Crippen LogP contribution in [0.15, 0.2) is 66.4 Å². The maximum atomic E-state index is 13.1. The van der Waals surface area contributed by atoms with Crippen molar-refractivity contribution >= 4 is 11.9 Å². The van der Waals surface area contributed by atoms with Crippen molar-refractivity contribution in [3.63, 3.8) is 0 Å². The lowest BCUT2D eigenvalue weighted by atomic mass is 9.81. The van der Waals surface area contributed by atoms with Crippen molar-refractivity contribution in [2.24, 2.45) is 5.92 Å². The number of rotatable bonds is 15. The second-order valence-corrected chi connectivity index (χ2v) is 8.68. The van der Waals surface area contributed by atoms with Gasteiger partial charge in [-0.15, -0.1) is 0 Å². The van der Waals surface area contributed by atoms with Gasteiger partial charge in [-0.25, -0.2) is 4.79 Å². The van der Waals surface area contributed by atoms with Gasteiger partial charge in [0.25, 0.3) is 5.91 Å². The number of benzene rings is 2. The van der Waals surface area contributed by atoms with E-state index in [9.17, 15) is 9.59 Å². The number of hydrogen-bond donors (Lipinski definition) is 2. The van der Waals surface area contributed by atoms with Gasteiger partial charge in [0.1, 0.15) is 0 Å². The summed E-state index contributed by atoms with van der Waals surface area (Å²) in [4.78, 5) is 25.0. The molecule has 1 heterocycles. The fraction of sp³-hybridized carbons (Fsp3) is 0.448. The van der Waals surface area contributed by atoms with E-state index >= 15 is 0 Å². The summed E-state index contributed by atoms with van der Waals surface area (Å²) in [6, 6.07) is 16.8. The van der Waals surface area contributed by atoms with Gasteiger partial charge in [-0.3, -0.25) is 4.79 Å². The fourth-order valence-electron chi connectivity index (χ4n) is 4.25. The van der Waals surface area contributed by atoms with E-state index in [4.69, 9.17) is 28.8 Å². The van der Waals surface area contributed by atoms with Gasteiger partial charge in [-0.05, 0) is 42.7 Å². The van der Waals surface area contributed by atoms with Crippen LogP contribution >= 0.6 is 0 Å². The van der Waals surface area contributed by atoms with E-state index in [0.29, 0.717) is 45.0 Å². The highest BCUT2D eigenvalue weighted by atomic mass is 16.7. The van der Waals surface area contributed by atoms with E-state index in [1.165, 1.54) is 7.11 Å². The average molecular weight is 528 g/mol. The lowest BCUT2D eigenvalue weighted by Gasteiger charge is -2.37. The highest BCUT2D eigenvalue weighted by Crippen LogP contribution is 2.39. The molecule has 2 aromatic rings. The first-order valence-corrected chi connectivity index (χ1v) is 12.8. The van der Waals surface area contributed by atoms with Crippen molar-refractivity contribution in [3.8, 4) is 0 Å². The molecule has 3 atom stereocenters. The monoisotopic (exact) mass is 527 g/mol. The lowest BCUT2D eigenvalue weighted by Crippen LogP contribution is -2.39. The number of nitrogens with one attached hydrogen (secondary N) is 1. The number of carbonyl (C=O) groups is 2. The molecule has 0 aliphatic carbocycles. The minimum atomic E-state index is -0.665. The third-order valence-corrected chi connectivity index (χ3v) is 6.16. The first-order valence-electron chi connectivity index (χ1n) is 12.8. The molecule has 0 radical (unpaired) electrons. The summed E-state index contributed by atoms with van der Waals surface area (Å²) in [5.74, 6) is -0.927. The summed E-state index contributed by atoms with van der Waals surface area (Å²) in [6.07, 6.45) is 1.75. The zero-order valence-electron chi connectivity index (χ0n) is 22.0. The largest absolute Gasteiger partial charge is 0.465 e. The molecule has 9 nitrogen and oxygen atoms in total. The van der Waals surface area contributed by atoms with E-state index in [0.717, 1.165) is 11.1 Å². The molecule has 3 rings (SSSR count). The minimum absolute atomic E-state index is 0.0283. The summed E-state index contributed by atoms with van der Waals surface area (Å²) in [7, 11) is 1.34. The Morgan fingerprint density at radius 3 is 2.34 bits per heavy atom. The topological polar surface area (TPSA) is 113 Å². The summed E-state index contributed by atoms with van der Waals surface area (Å²) in [5, 5.41) is 11.7. The zero-order valence-corrected chi connectivity index (χ0v) is 22.0. The second-order valence-electron chi connectivity index (χ2n) is 8.68. The minimum Gasteiger partial charge on any atom is -0.465 e. The van der Waals surface area contributed by atoms with E-state index in [-0.39, 0.29) is 36.7 Å². The molecule has 0 saturated heterocycles. The van der Waals surface area contributed by atoms with Gasteiger partial charge >= 0.3 is 5.97 Å². The summed E-state index contributed by atoms with van der Waals surface area (Å²) < 4.78 is 27.8. The Morgan fingerprint density at radius 2 is 1.68 bits per heavy atom. The molecule has 0 aromatic heterocycles. The van der Waals surface area contributed by atoms with Crippen molar-refractivity contribution < 1.29 is 38.4 Å². The molecule has 1 amide bonds. The highest BCUT2D eigenvalue weighted by molar-refractivity contribution is 5.92. The van der Waals surface area contributed by atoms with Crippen LogP contribution in [0.25, 0.3) is 0 Å². The van der Waals surface area contributed by atoms with Crippen LogP contribution in [0.1, 0.15) is 40.7 Å². The number of methoxy groups -OCH3 is 1. The van der Waals surface area contributed by atoms with Crippen LogP contribution in [0.2, 0.25) is 0 Å². The van der Waals surface area contributed by atoms with E-state index in [2.05, 4.69) is 5.32 Å². The number of ether oxygens (including phenoxy) is 5. The van der Waals surface area contributed by atoms with E-state index < -0.39 is 12.3 Å². The van der Waals surface area contributed by atoms with Crippen LogP contribution in [-0.2, 0) is 35.0 Å². The average Bonchev–Trinajstić information content (AvgIpc) is 2.96. The molecule has 0 spiro atoms. The van der Waals surface area contributed by atoms with Gasteiger partial charge in [-0.1, -0.05) is 42.5 Å². The number of carbonyl (C=O) groups excluding carboxylic acids is 2. The number of esters is 1. The van der Waals surface area contributed by atoms with Crippen LogP contribution < -0.4 is 5.32 Å². The van der Waals surface area contributed by atoms with Crippen molar-refractivity contribution in [3.05, 3.63) is 83.1 Å². The quantitative estimate of drug-likeness (QED) is 0.268. The third-order valence-electron chi connectivity index (χ3n) is 6.16. The van der Waals surface area contributed by atoms with Gasteiger partial charge in [0.05, 0.1) is 39.1 Å². The van der Waals surface area contributed by atoms with Crippen molar-refractivity contribution in [1.29, 1.82) is 0 Å². The molecule has 38 heavy (non-hydrogen) atoms. The Balaban J connectivity index is 1.79. The lowest BCUT2D eigenvalue weighted by molar-refractivity contribution is -0.168. The maximum Gasteiger partial charge on any atom is 0.337 e. The predicted molar refractivity (Wildman–Crippen MR) is 140 cm³/mol. The van der Waals surface area contributed by atoms with Gasteiger partial charge < -0.3 is 34.1 Å². The summed E-state index contributed by atoms with van der Waals surface area (Å²) in [5.41, 5.74) is 2.33. The normalized spacial score (nSPS) is 18.8. The first-order chi connectivity index (χ1) is 18.6. The summed E-state index contributed by atoms with van der Waals surface area (Å²) >= 11 is 0. The molecule has 0 unspecified atom stereocenters. The van der Waals surface area contributed by atoms with Crippen LogP contribution in [0.3, 0.4) is 0 Å². The first kappa shape index (κ1) is 29.3. The molecule has 206 valence electrons. The standard InChI is InChI=1S/C29H37NO8/c1-3-37-29-24(13-15-35-17-18-36-16-14-31)25(22-9-11-23(12-10-22)28(33)34-2)19-26(38-29)27(32)30-20-21-7-5-4-6-8-21/h4-12,19,24-25,29,31H,3,13-18,20H2,1-2H3,(H,30,32)/t24-,25+,29+/m1/s1. The van der Waals surface area contributed by atoms with Gasteiger partial charge in [0.2, 0.25) is 6.29 Å². The number of amides is 1. The van der Waals surface area contributed by atoms with Crippen molar-refractivity contribution in [1.82, 2.24) is 5.32 Å². The van der Waals surface area contributed by atoms with Gasteiger partial charge in [0.15, 0.2) is 5.76 Å². The Bertz CT molecular complexity index is 1020. The number of allylic oxidation sites excluding steroid dienone is 1. The molecular weight excluding hydrogens is 490 g/mol.